The Morgan fingerprint density at radius 3 is 2.79 bits per heavy atom. The van der Waals surface area contributed by atoms with E-state index in [9.17, 15) is 14.7 Å². The summed E-state index contributed by atoms with van der Waals surface area (Å²) in [6.07, 6.45) is 2.94. The lowest BCUT2D eigenvalue weighted by atomic mass is 10.2. The zero-order valence-electron chi connectivity index (χ0n) is 17.8. The molecule has 0 atom stereocenters. The highest BCUT2D eigenvalue weighted by Gasteiger charge is 2.19. The summed E-state index contributed by atoms with van der Waals surface area (Å²) in [6, 6.07) is 16.0. The number of amides is 2. The molecule has 1 aliphatic rings. The Morgan fingerprint density at radius 1 is 1.09 bits per heavy atom. The van der Waals surface area contributed by atoms with E-state index in [-0.39, 0.29) is 24.9 Å². The second-order valence-electron chi connectivity index (χ2n) is 7.48. The molecule has 2 N–H and O–H groups in total. The molecular formula is C24H19N5O5. The number of aromatic nitrogens is 2. The molecule has 34 heavy (non-hydrogen) atoms. The maximum Gasteiger partial charge on any atom is 0.283 e. The van der Waals surface area contributed by atoms with Gasteiger partial charge in [-0.2, -0.15) is 0 Å². The fourth-order valence-corrected chi connectivity index (χ4v) is 3.65. The average molecular weight is 457 g/mol. The minimum absolute atomic E-state index is 0.130. The van der Waals surface area contributed by atoms with E-state index in [1.807, 2.05) is 36.4 Å². The number of fused-ring (bicyclic) bond motifs is 2. The van der Waals surface area contributed by atoms with Crippen LogP contribution in [0, 0.1) is 0 Å². The van der Waals surface area contributed by atoms with E-state index in [2.05, 4.69) is 20.5 Å². The smallest absolute Gasteiger partial charge is 0.283 e. The van der Waals surface area contributed by atoms with Crippen LogP contribution in [0.25, 0.3) is 10.9 Å². The molecule has 0 fully saturated rings. The Balaban J connectivity index is 1.35. The fourth-order valence-electron chi connectivity index (χ4n) is 3.65. The first-order valence-electron chi connectivity index (χ1n) is 10.4. The van der Waals surface area contributed by atoms with Crippen LogP contribution in [0.2, 0.25) is 0 Å². The molecule has 0 saturated carbocycles. The van der Waals surface area contributed by atoms with Crippen molar-refractivity contribution < 1.29 is 24.2 Å². The highest BCUT2D eigenvalue weighted by Crippen LogP contribution is 2.40. The number of benzene rings is 2. The Morgan fingerprint density at radius 2 is 1.94 bits per heavy atom. The quantitative estimate of drug-likeness (QED) is 0.426. The second-order valence-corrected chi connectivity index (χ2v) is 7.48. The van der Waals surface area contributed by atoms with Crippen LogP contribution >= 0.6 is 0 Å². The molecule has 10 heteroatoms. The molecule has 4 aromatic rings. The van der Waals surface area contributed by atoms with Crippen molar-refractivity contribution in [3.63, 3.8) is 0 Å². The van der Waals surface area contributed by atoms with E-state index in [1.54, 1.807) is 29.0 Å². The summed E-state index contributed by atoms with van der Waals surface area (Å²) in [6.45, 7) is 0.180. The third-order valence-corrected chi connectivity index (χ3v) is 5.28. The zero-order valence-corrected chi connectivity index (χ0v) is 17.8. The van der Waals surface area contributed by atoms with Gasteiger partial charge in [0.05, 0.1) is 17.6 Å². The number of ether oxygens (including phenoxy) is 2. The van der Waals surface area contributed by atoms with Crippen LogP contribution in [-0.4, -0.2) is 39.8 Å². The molecule has 170 valence electrons. The van der Waals surface area contributed by atoms with Crippen molar-refractivity contribution >= 4 is 28.4 Å². The van der Waals surface area contributed by atoms with Crippen LogP contribution in [0.3, 0.4) is 0 Å². The zero-order chi connectivity index (χ0) is 23.5. The minimum Gasteiger partial charge on any atom is -0.493 e. The van der Waals surface area contributed by atoms with Crippen molar-refractivity contribution in [3.8, 4) is 17.4 Å². The fraction of sp³-hybridized carbons (Fsp3) is 0.125. The number of pyridine rings is 1. The van der Waals surface area contributed by atoms with Crippen LogP contribution < -0.4 is 14.8 Å². The second kappa shape index (κ2) is 9.02. The van der Waals surface area contributed by atoms with Gasteiger partial charge in [-0.05, 0) is 35.9 Å². The van der Waals surface area contributed by atoms with Gasteiger partial charge in [0, 0.05) is 17.8 Å². The lowest BCUT2D eigenvalue weighted by molar-refractivity contribution is -0.117. The van der Waals surface area contributed by atoms with Gasteiger partial charge in [0.25, 0.3) is 11.8 Å². The highest BCUT2D eigenvalue weighted by molar-refractivity contribution is 5.97. The lowest BCUT2D eigenvalue weighted by Crippen LogP contribution is -2.28. The maximum absolute atomic E-state index is 12.2. The number of hydrogen-bond acceptors (Lipinski definition) is 7. The molecule has 0 bridgehead atoms. The summed E-state index contributed by atoms with van der Waals surface area (Å²) in [5.41, 5.74) is 2.11. The van der Waals surface area contributed by atoms with E-state index in [4.69, 9.17) is 9.47 Å². The van der Waals surface area contributed by atoms with Crippen molar-refractivity contribution in [2.75, 3.05) is 13.3 Å². The minimum atomic E-state index is -0.663. The molecule has 0 radical (unpaired) electrons. The van der Waals surface area contributed by atoms with Crippen LogP contribution in [0.1, 0.15) is 15.9 Å². The van der Waals surface area contributed by atoms with Crippen molar-refractivity contribution in [1.82, 2.24) is 14.9 Å². The average Bonchev–Trinajstić information content (AvgIpc) is 3.44. The Bertz CT molecular complexity index is 1410. The topological polar surface area (TPSA) is 127 Å². The number of rotatable bonds is 6. The number of carbonyl (C=O) groups is 2. The monoisotopic (exact) mass is 457 g/mol. The summed E-state index contributed by atoms with van der Waals surface area (Å²) >= 11 is 0. The van der Waals surface area contributed by atoms with Crippen molar-refractivity contribution in [3.05, 3.63) is 78.1 Å². The van der Waals surface area contributed by atoms with E-state index in [0.29, 0.717) is 29.0 Å². The first-order chi connectivity index (χ1) is 16.6. The van der Waals surface area contributed by atoms with Gasteiger partial charge in [0.1, 0.15) is 6.54 Å². The predicted octanol–water partition coefficient (Wildman–Crippen LogP) is 3.56. The van der Waals surface area contributed by atoms with Crippen LogP contribution in [0.15, 0.2) is 77.2 Å². The van der Waals surface area contributed by atoms with Crippen LogP contribution in [0.5, 0.6) is 17.4 Å². The summed E-state index contributed by atoms with van der Waals surface area (Å²) in [5.74, 6) is 0.0835. The summed E-state index contributed by atoms with van der Waals surface area (Å²) < 4.78 is 12.5. The molecule has 2 amide bonds. The summed E-state index contributed by atoms with van der Waals surface area (Å²) in [5, 5.41) is 21.7. The number of nitrogens with zero attached hydrogens (tertiary/aromatic N) is 4. The first kappa shape index (κ1) is 21.1. The third kappa shape index (κ3) is 4.16. The van der Waals surface area contributed by atoms with Gasteiger partial charge in [-0.15, -0.1) is 10.2 Å². The van der Waals surface area contributed by atoms with Gasteiger partial charge in [-0.1, -0.05) is 24.3 Å². The molecule has 3 heterocycles. The standard InChI is InChI=1S/C24H19N5O5/c30-21(12-26-23(31)16-4-3-9-25-11-16)27-28-22-17-5-1-2-6-18(17)29(24(22)32)13-15-7-8-19-20(10-15)34-14-33-19/h1-11,32H,12-14H2,(H,26,31). The van der Waals surface area contributed by atoms with Gasteiger partial charge >= 0.3 is 0 Å². The number of nitrogens with one attached hydrogen (secondary N) is 1. The van der Waals surface area contributed by atoms with Gasteiger partial charge in [0.15, 0.2) is 17.2 Å². The molecule has 0 unspecified atom stereocenters. The number of aromatic hydroxyl groups is 1. The van der Waals surface area contributed by atoms with E-state index in [0.717, 1.165) is 11.1 Å². The molecule has 5 rings (SSSR count). The normalized spacial score (nSPS) is 12.4. The predicted molar refractivity (Wildman–Crippen MR) is 121 cm³/mol. The SMILES string of the molecule is O=C(CNC(=O)c1cccnc1)N=Nc1c(O)n(Cc2ccc3c(c2)OCO3)c2ccccc12. The molecule has 10 nitrogen and oxygen atoms in total. The van der Waals surface area contributed by atoms with Crippen molar-refractivity contribution in [1.29, 1.82) is 0 Å². The first-order valence-corrected chi connectivity index (χ1v) is 10.4. The van der Waals surface area contributed by atoms with E-state index >= 15 is 0 Å². The summed E-state index contributed by atoms with van der Waals surface area (Å²) in [7, 11) is 0. The molecule has 0 saturated heterocycles. The number of para-hydroxylation sites is 1. The maximum atomic E-state index is 12.2. The molecule has 2 aromatic heterocycles. The number of carbonyl (C=O) groups excluding carboxylic acids is 2. The van der Waals surface area contributed by atoms with Crippen molar-refractivity contribution in [2.24, 2.45) is 10.2 Å². The van der Waals surface area contributed by atoms with Gasteiger partial charge < -0.3 is 24.5 Å². The molecular weight excluding hydrogens is 438 g/mol. The molecule has 0 spiro atoms. The van der Waals surface area contributed by atoms with Gasteiger partial charge in [0.2, 0.25) is 12.7 Å². The molecule has 2 aromatic carbocycles. The largest absolute Gasteiger partial charge is 0.493 e. The molecule has 1 aliphatic heterocycles. The summed E-state index contributed by atoms with van der Waals surface area (Å²) in [4.78, 5) is 28.1. The van der Waals surface area contributed by atoms with Gasteiger partial charge in [-0.25, -0.2) is 0 Å². The van der Waals surface area contributed by atoms with Crippen molar-refractivity contribution in [2.45, 2.75) is 6.54 Å². The Hall–Kier alpha value is -4.73. The number of hydrogen-bond donors (Lipinski definition) is 2. The van der Waals surface area contributed by atoms with E-state index in [1.165, 1.54) is 6.20 Å². The number of azo groups is 1. The third-order valence-electron chi connectivity index (χ3n) is 5.28. The molecule has 0 aliphatic carbocycles. The van der Waals surface area contributed by atoms with Crippen LogP contribution in [-0.2, 0) is 11.3 Å². The van der Waals surface area contributed by atoms with Gasteiger partial charge in [-0.3, -0.25) is 14.6 Å². The highest BCUT2D eigenvalue weighted by atomic mass is 16.7. The lowest BCUT2D eigenvalue weighted by Gasteiger charge is -2.08. The van der Waals surface area contributed by atoms with E-state index < -0.39 is 11.8 Å². The van der Waals surface area contributed by atoms with Crippen LogP contribution in [0.4, 0.5) is 5.69 Å². The Labute approximate surface area is 193 Å². The Kier molecular flexibility index (Phi) is 5.61.